The number of aromatic nitrogens is 1. The van der Waals surface area contributed by atoms with E-state index >= 15 is 0 Å². The number of carbonyl (C=O) groups is 1. The molecule has 5 nitrogen and oxygen atoms in total. The van der Waals surface area contributed by atoms with Crippen LogP contribution in [0.1, 0.15) is 40.3 Å². The smallest absolute Gasteiger partial charge is 0.407 e. The van der Waals surface area contributed by atoms with Crippen molar-refractivity contribution in [2.45, 2.75) is 46.6 Å². The third-order valence-corrected chi connectivity index (χ3v) is 4.31. The van der Waals surface area contributed by atoms with Gasteiger partial charge in [0.25, 0.3) is 0 Å². The Morgan fingerprint density at radius 2 is 2.04 bits per heavy atom. The maximum absolute atomic E-state index is 11.9. The Balaban J connectivity index is 2.82. The van der Waals surface area contributed by atoms with Crippen LogP contribution in [0.25, 0.3) is 0 Å². The van der Waals surface area contributed by atoms with Crippen LogP contribution in [-0.2, 0) is 11.2 Å². The fourth-order valence-corrected chi connectivity index (χ4v) is 2.43. The normalized spacial score (nSPS) is 14.4. The van der Waals surface area contributed by atoms with Crippen molar-refractivity contribution in [1.29, 1.82) is 0 Å². The van der Waals surface area contributed by atoms with Crippen LogP contribution in [0.5, 0.6) is 0 Å². The number of amides is 1. The van der Waals surface area contributed by atoms with Gasteiger partial charge in [0.15, 0.2) is 0 Å². The lowest BCUT2D eigenvalue weighted by atomic mass is 9.74. The number of aliphatic hydroxyl groups is 1. The number of aliphatic hydroxyl groups excluding tert-OH is 1. The van der Waals surface area contributed by atoms with Crippen LogP contribution in [0.2, 0.25) is 0 Å². The Hall–Kier alpha value is -1.14. The summed E-state index contributed by atoms with van der Waals surface area (Å²) in [4.78, 5) is 16.3. The summed E-state index contributed by atoms with van der Waals surface area (Å²) in [6.07, 6.45) is 1.84. The van der Waals surface area contributed by atoms with Crippen LogP contribution in [0, 0.1) is 11.3 Å². The molecule has 0 aliphatic carbocycles. The molecule has 0 radical (unpaired) electrons. The molecule has 130 valence electrons. The zero-order valence-corrected chi connectivity index (χ0v) is 16.1. The molecule has 1 unspecified atom stereocenters. The molecule has 0 aliphatic heterocycles. The summed E-state index contributed by atoms with van der Waals surface area (Å²) in [5.41, 5.74) is -0.156. The lowest BCUT2D eigenvalue weighted by molar-refractivity contribution is 0.0391. The predicted molar refractivity (Wildman–Crippen MR) is 94.2 cm³/mol. The van der Waals surface area contributed by atoms with Crippen LogP contribution >= 0.6 is 15.9 Å². The Kier molecular flexibility index (Phi) is 7.02. The van der Waals surface area contributed by atoms with Crippen molar-refractivity contribution in [1.82, 2.24) is 10.3 Å². The number of hydrogen-bond donors (Lipinski definition) is 2. The molecule has 1 aromatic heterocycles. The zero-order valence-electron chi connectivity index (χ0n) is 14.5. The molecular formula is C17H27BrN2O3. The molecule has 1 rings (SSSR count). The van der Waals surface area contributed by atoms with E-state index in [-0.39, 0.29) is 12.5 Å². The van der Waals surface area contributed by atoms with Gasteiger partial charge < -0.3 is 15.2 Å². The van der Waals surface area contributed by atoms with Crippen molar-refractivity contribution < 1.29 is 14.6 Å². The highest BCUT2D eigenvalue weighted by atomic mass is 79.9. The Bertz CT molecular complexity index is 512. The van der Waals surface area contributed by atoms with Crippen LogP contribution in [-0.4, -0.2) is 34.9 Å². The number of pyridine rings is 1. The SMILES string of the molecule is CC(C)C(CO)(CNC(=O)OC(C)(C)C)Cc1ccc(Br)cn1. The number of halogens is 1. The minimum absolute atomic E-state index is 0.0434. The molecule has 1 amide bonds. The third-order valence-electron chi connectivity index (χ3n) is 3.85. The monoisotopic (exact) mass is 386 g/mol. The van der Waals surface area contributed by atoms with E-state index in [0.29, 0.717) is 13.0 Å². The van der Waals surface area contributed by atoms with E-state index in [1.54, 1.807) is 6.20 Å². The lowest BCUT2D eigenvalue weighted by Gasteiger charge is -2.36. The number of carbonyl (C=O) groups excluding carboxylic acids is 1. The molecule has 0 aliphatic rings. The fourth-order valence-electron chi connectivity index (χ4n) is 2.20. The number of nitrogens with one attached hydrogen (secondary N) is 1. The van der Waals surface area contributed by atoms with Gasteiger partial charge in [-0.25, -0.2) is 4.79 Å². The molecule has 0 aromatic carbocycles. The average molecular weight is 387 g/mol. The van der Waals surface area contributed by atoms with Gasteiger partial charge >= 0.3 is 6.09 Å². The van der Waals surface area contributed by atoms with Gasteiger partial charge in [0.1, 0.15) is 5.60 Å². The molecular weight excluding hydrogens is 360 g/mol. The summed E-state index contributed by atoms with van der Waals surface area (Å²) in [5, 5.41) is 12.8. The predicted octanol–water partition coefficient (Wildman–Crippen LogP) is 3.55. The molecule has 1 heterocycles. The largest absolute Gasteiger partial charge is 0.444 e. The summed E-state index contributed by atoms with van der Waals surface area (Å²) in [6, 6.07) is 3.84. The Morgan fingerprint density at radius 1 is 1.39 bits per heavy atom. The first-order valence-electron chi connectivity index (χ1n) is 7.76. The topological polar surface area (TPSA) is 71.5 Å². The van der Waals surface area contributed by atoms with Crippen molar-refractivity contribution in [3.8, 4) is 0 Å². The van der Waals surface area contributed by atoms with E-state index in [0.717, 1.165) is 10.2 Å². The van der Waals surface area contributed by atoms with Gasteiger partial charge in [0.05, 0.1) is 6.61 Å². The molecule has 0 fully saturated rings. The zero-order chi connectivity index (χ0) is 17.7. The average Bonchev–Trinajstić information content (AvgIpc) is 2.43. The number of hydrogen-bond acceptors (Lipinski definition) is 4. The second-order valence-corrected chi connectivity index (χ2v) is 8.09. The maximum atomic E-state index is 11.9. The van der Waals surface area contributed by atoms with Crippen molar-refractivity contribution in [2.24, 2.45) is 11.3 Å². The third kappa shape index (κ3) is 6.47. The molecule has 0 bridgehead atoms. The molecule has 0 spiro atoms. The Labute approximate surface area is 147 Å². The minimum atomic E-state index is -0.545. The highest BCUT2D eigenvalue weighted by molar-refractivity contribution is 9.10. The van der Waals surface area contributed by atoms with Crippen LogP contribution in [0.15, 0.2) is 22.8 Å². The number of rotatable bonds is 6. The van der Waals surface area contributed by atoms with Gasteiger partial charge in [-0.2, -0.15) is 0 Å². The van der Waals surface area contributed by atoms with E-state index in [9.17, 15) is 9.90 Å². The van der Waals surface area contributed by atoms with E-state index in [1.165, 1.54) is 0 Å². The fraction of sp³-hybridized carbons (Fsp3) is 0.647. The molecule has 0 saturated heterocycles. The maximum Gasteiger partial charge on any atom is 0.407 e. The molecule has 1 aromatic rings. The lowest BCUT2D eigenvalue weighted by Crippen LogP contribution is -2.46. The molecule has 2 N–H and O–H groups in total. The van der Waals surface area contributed by atoms with Crippen molar-refractivity contribution in [3.05, 3.63) is 28.5 Å². The first-order chi connectivity index (χ1) is 10.6. The number of nitrogens with zero attached hydrogens (tertiary/aromatic N) is 1. The first-order valence-corrected chi connectivity index (χ1v) is 8.55. The van der Waals surface area contributed by atoms with Crippen molar-refractivity contribution >= 4 is 22.0 Å². The minimum Gasteiger partial charge on any atom is -0.444 e. The summed E-state index contributed by atoms with van der Waals surface area (Å²) in [5.74, 6) is 0.160. The second-order valence-electron chi connectivity index (χ2n) is 7.18. The number of ether oxygens (including phenoxy) is 1. The van der Waals surface area contributed by atoms with Gasteiger partial charge in [-0.3, -0.25) is 4.98 Å². The summed E-state index contributed by atoms with van der Waals surface area (Å²) < 4.78 is 6.18. The van der Waals surface area contributed by atoms with Gasteiger partial charge in [-0.15, -0.1) is 0 Å². The van der Waals surface area contributed by atoms with Gasteiger partial charge in [0.2, 0.25) is 0 Å². The van der Waals surface area contributed by atoms with E-state index in [4.69, 9.17) is 4.74 Å². The number of alkyl carbamates (subject to hydrolysis) is 1. The highest BCUT2D eigenvalue weighted by Gasteiger charge is 2.35. The van der Waals surface area contributed by atoms with Crippen LogP contribution < -0.4 is 5.32 Å². The van der Waals surface area contributed by atoms with Gasteiger partial charge in [-0.05, 0) is 61.2 Å². The highest BCUT2D eigenvalue weighted by Crippen LogP contribution is 2.31. The first kappa shape index (κ1) is 19.9. The molecule has 1 atom stereocenters. The van der Waals surface area contributed by atoms with E-state index in [1.807, 2.05) is 46.8 Å². The van der Waals surface area contributed by atoms with Gasteiger partial charge in [-0.1, -0.05) is 13.8 Å². The standard InChI is InChI=1S/C17H27BrN2O3/c1-12(2)17(11-21,8-14-7-6-13(18)9-19-14)10-20-15(22)23-16(3,4)5/h6-7,9,12,21H,8,10-11H2,1-5H3,(H,20,22). The quantitative estimate of drug-likeness (QED) is 0.783. The molecule has 0 saturated carbocycles. The second kappa shape index (κ2) is 8.11. The van der Waals surface area contributed by atoms with Gasteiger partial charge in [0, 0.05) is 28.3 Å². The summed E-state index contributed by atoms with van der Waals surface area (Å²) in [6.45, 7) is 9.81. The van der Waals surface area contributed by atoms with E-state index < -0.39 is 17.1 Å². The van der Waals surface area contributed by atoms with E-state index in [2.05, 4.69) is 26.2 Å². The summed E-state index contributed by atoms with van der Waals surface area (Å²) in [7, 11) is 0. The van der Waals surface area contributed by atoms with Crippen molar-refractivity contribution in [3.63, 3.8) is 0 Å². The van der Waals surface area contributed by atoms with Crippen molar-refractivity contribution in [2.75, 3.05) is 13.2 Å². The Morgan fingerprint density at radius 3 is 2.48 bits per heavy atom. The van der Waals surface area contributed by atoms with Crippen LogP contribution in [0.3, 0.4) is 0 Å². The summed E-state index contributed by atoms with van der Waals surface area (Å²) >= 11 is 3.36. The molecule has 6 heteroatoms. The molecule has 23 heavy (non-hydrogen) atoms. The van der Waals surface area contributed by atoms with Crippen LogP contribution in [0.4, 0.5) is 4.79 Å².